The molecule has 3 rings (SSSR count). The lowest BCUT2D eigenvalue weighted by molar-refractivity contribution is -0.120. The van der Waals surface area contributed by atoms with Gasteiger partial charge in [-0.05, 0) is 30.7 Å². The Labute approximate surface area is 170 Å². The maximum absolute atomic E-state index is 12.1. The molecular formula is C23H24N4O2. The first kappa shape index (κ1) is 20.1. The Hall–Kier alpha value is -3.67. The fraction of sp³-hybridized carbons (Fsp3) is 0.174. The van der Waals surface area contributed by atoms with Crippen molar-refractivity contribution in [1.82, 2.24) is 9.88 Å². The van der Waals surface area contributed by atoms with Crippen LogP contribution in [0, 0.1) is 0 Å². The molecule has 2 aliphatic rings. The average molecular weight is 388 g/mol. The molecule has 1 unspecified atom stereocenters. The minimum absolute atomic E-state index is 0.418. The van der Waals surface area contributed by atoms with Crippen molar-refractivity contribution in [1.29, 1.82) is 0 Å². The Morgan fingerprint density at radius 3 is 2.72 bits per heavy atom. The zero-order chi connectivity index (χ0) is 20.5. The molecular weight excluding hydrogens is 364 g/mol. The highest BCUT2D eigenvalue weighted by Gasteiger charge is 2.35. The van der Waals surface area contributed by atoms with Gasteiger partial charge in [-0.25, -0.2) is 4.98 Å². The van der Waals surface area contributed by atoms with Crippen LogP contribution in [0.4, 0.5) is 0 Å². The second-order valence-corrected chi connectivity index (χ2v) is 6.39. The van der Waals surface area contributed by atoms with E-state index in [1.165, 1.54) is 0 Å². The van der Waals surface area contributed by atoms with Crippen molar-refractivity contribution in [2.24, 2.45) is 10.7 Å². The van der Waals surface area contributed by atoms with Crippen molar-refractivity contribution in [2.45, 2.75) is 19.4 Å². The molecule has 3 heterocycles. The molecule has 29 heavy (non-hydrogen) atoms. The number of aromatic nitrogens is 1. The van der Waals surface area contributed by atoms with Crippen LogP contribution in [0.1, 0.15) is 18.9 Å². The first-order chi connectivity index (χ1) is 14.2. The van der Waals surface area contributed by atoms with E-state index >= 15 is 0 Å². The second-order valence-electron chi connectivity index (χ2n) is 6.39. The van der Waals surface area contributed by atoms with Crippen molar-refractivity contribution in [3.63, 3.8) is 0 Å². The molecule has 0 radical (unpaired) electrons. The van der Waals surface area contributed by atoms with Crippen LogP contribution in [0.5, 0.6) is 5.88 Å². The smallest absolute Gasteiger partial charge is 0.244 e. The summed E-state index contributed by atoms with van der Waals surface area (Å²) < 4.78 is 6.16. The normalized spacial score (nSPS) is 25.7. The van der Waals surface area contributed by atoms with Gasteiger partial charge in [-0.1, -0.05) is 43.4 Å². The number of nitrogens with two attached hydrogens (primary N) is 1. The number of nitrogens with zero attached hydrogens (tertiary/aromatic N) is 3. The van der Waals surface area contributed by atoms with Crippen LogP contribution in [-0.2, 0) is 4.79 Å². The minimum atomic E-state index is -0.562. The third kappa shape index (κ3) is 5.19. The first-order valence-electron chi connectivity index (χ1n) is 9.47. The molecule has 1 aromatic heterocycles. The maximum atomic E-state index is 12.1. The van der Waals surface area contributed by atoms with Gasteiger partial charge in [-0.15, -0.1) is 0 Å². The molecule has 6 heteroatoms. The fourth-order valence-electron chi connectivity index (χ4n) is 3.16. The summed E-state index contributed by atoms with van der Waals surface area (Å²) in [6.45, 7) is 2.40. The molecule has 6 nitrogen and oxygen atoms in total. The largest absolute Gasteiger partial charge is 0.441 e. The summed E-state index contributed by atoms with van der Waals surface area (Å²) in [7, 11) is 0. The monoisotopic (exact) mass is 388 g/mol. The van der Waals surface area contributed by atoms with Crippen LogP contribution in [0.15, 0.2) is 89.6 Å². The molecule has 0 saturated heterocycles. The number of ether oxygens (including phenoxy) is 1. The molecule has 1 atom stereocenters. The fourth-order valence-corrected chi connectivity index (χ4v) is 3.16. The third-order valence-corrected chi connectivity index (χ3v) is 4.48. The van der Waals surface area contributed by atoms with Gasteiger partial charge in [0.05, 0.1) is 6.54 Å². The predicted molar refractivity (Wildman–Crippen MR) is 116 cm³/mol. The number of fused-ring (bicyclic) bond motifs is 3. The molecule has 1 aromatic rings. The van der Waals surface area contributed by atoms with Gasteiger partial charge in [0.2, 0.25) is 11.8 Å². The SMILES string of the molecule is CCC1=C2CN(/C=C/N=C/C=C/C=C/C=C/C=C\c3cccnc3O2)C1C(N)=O. The molecule has 0 spiro atoms. The Morgan fingerprint density at radius 2 is 1.97 bits per heavy atom. The Kier molecular flexibility index (Phi) is 6.95. The van der Waals surface area contributed by atoms with E-state index in [9.17, 15) is 4.79 Å². The van der Waals surface area contributed by atoms with Crippen molar-refractivity contribution in [3.8, 4) is 5.88 Å². The van der Waals surface area contributed by atoms with Gasteiger partial charge in [-0.3, -0.25) is 9.79 Å². The van der Waals surface area contributed by atoms with Crippen LogP contribution in [0.2, 0.25) is 0 Å². The zero-order valence-corrected chi connectivity index (χ0v) is 16.3. The summed E-state index contributed by atoms with van der Waals surface area (Å²) in [6.07, 6.45) is 22.7. The van der Waals surface area contributed by atoms with E-state index in [0.717, 1.165) is 11.1 Å². The van der Waals surface area contributed by atoms with E-state index in [4.69, 9.17) is 10.5 Å². The van der Waals surface area contributed by atoms with Crippen LogP contribution < -0.4 is 10.5 Å². The highest BCUT2D eigenvalue weighted by atomic mass is 16.5. The molecule has 0 aliphatic carbocycles. The molecule has 0 aromatic carbocycles. The van der Waals surface area contributed by atoms with E-state index in [2.05, 4.69) is 9.98 Å². The summed E-state index contributed by atoms with van der Waals surface area (Å²) in [5.41, 5.74) is 7.39. The van der Waals surface area contributed by atoms with Crippen molar-refractivity contribution in [2.75, 3.05) is 6.54 Å². The number of aliphatic imine (C=N–C) groups is 1. The summed E-state index contributed by atoms with van der Waals surface area (Å²) in [6, 6.07) is 3.23. The topological polar surface area (TPSA) is 80.8 Å². The van der Waals surface area contributed by atoms with E-state index in [0.29, 0.717) is 24.6 Å². The van der Waals surface area contributed by atoms with Crippen LogP contribution >= 0.6 is 0 Å². The number of allylic oxidation sites excluding steroid dienone is 7. The third-order valence-electron chi connectivity index (χ3n) is 4.48. The number of primary amides is 1. The molecule has 2 aliphatic heterocycles. The Bertz CT molecular complexity index is 951. The van der Waals surface area contributed by atoms with Gasteiger partial charge in [0.25, 0.3) is 0 Å². The van der Waals surface area contributed by atoms with Gasteiger partial charge < -0.3 is 15.4 Å². The van der Waals surface area contributed by atoms with E-state index in [1.807, 2.05) is 72.6 Å². The molecule has 148 valence electrons. The molecule has 1 amide bonds. The summed E-state index contributed by atoms with van der Waals surface area (Å²) >= 11 is 0. The minimum Gasteiger partial charge on any atom is -0.441 e. The number of pyridine rings is 1. The predicted octanol–water partition coefficient (Wildman–Crippen LogP) is 3.53. The molecule has 0 fully saturated rings. The molecule has 2 bridgehead atoms. The lowest BCUT2D eigenvalue weighted by Crippen LogP contribution is -2.39. The number of hydrogen-bond acceptors (Lipinski definition) is 5. The van der Waals surface area contributed by atoms with Gasteiger partial charge >= 0.3 is 0 Å². The van der Waals surface area contributed by atoms with Crippen LogP contribution in [0.3, 0.4) is 0 Å². The van der Waals surface area contributed by atoms with Crippen LogP contribution in [0.25, 0.3) is 6.08 Å². The number of amides is 1. The standard InChI is InChI=1S/C23H24N4O2/c1-2-19-20-17-27(21(19)22(24)28)16-15-25-13-9-7-5-3-4-6-8-11-18-12-10-14-26-23(18)29-20/h3-16,21H,2,17H2,1H3,(H2,24,28)/b5-3+,6-4+,9-7+,11-8-,16-15+,25-13+. The van der Waals surface area contributed by atoms with Gasteiger partial charge in [0.1, 0.15) is 11.8 Å². The van der Waals surface area contributed by atoms with Crippen molar-refractivity contribution < 1.29 is 9.53 Å². The lowest BCUT2D eigenvalue weighted by atomic mass is 10.1. The van der Waals surface area contributed by atoms with E-state index < -0.39 is 11.9 Å². The highest BCUT2D eigenvalue weighted by Crippen LogP contribution is 2.30. The lowest BCUT2D eigenvalue weighted by Gasteiger charge is -2.21. The maximum Gasteiger partial charge on any atom is 0.244 e. The molecule has 2 N–H and O–H groups in total. The zero-order valence-electron chi connectivity index (χ0n) is 16.3. The Balaban J connectivity index is 2.01. The number of hydrogen-bond donors (Lipinski definition) is 1. The van der Waals surface area contributed by atoms with E-state index in [-0.39, 0.29) is 0 Å². The number of carbonyl (C=O) groups is 1. The van der Waals surface area contributed by atoms with Crippen molar-refractivity contribution >= 4 is 18.2 Å². The molecule has 0 saturated carbocycles. The number of carbonyl (C=O) groups excluding carboxylic acids is 1. The van der Waals surface area contributed by atoms with Crippen molar-refractivity contribution in [3.05, 3.63) is 90.2 Å². The van der Waals surface area contributed by atoms with Gasteiger partial charge in [0.15, 0.2) is 0 Å². The van der Waals surface area contributed by atoms with Crippen LogP contribution in [-0.4, -0.2) is 34.6 Å². The van der Waals surface area contributed by atoms with Gasteiger partial charge in [0, 0.05) is 35.9 Å². The quantitative estimate of drug-likeness (QED) is 0.840. The van der Waals surface area contributed by atoms with E-state index in [1.54, 1.807) is 24.8 Å². The second kappa shape index (κ2) is 10.0. The average Bonchev–Trinajstić information content (AvgIpc) is 3.06. The summed E-state index contributed by atoms with van der Waals surface area (Å²) in [5, 5.41) is 0. The van der Waals surface area contributed by atoms with Gasteiger partial charge in [-0.2, -0.15) is 0 Å². The number of rotatable bonds is 2. The first-order valence-corrected chi connectivity index (χ1v) is 9.47. The summed E-state index contributed by atoms with van der Waals surface area (Å²) in [4.78, 5) is 22.6. The summed E-state index contributed by atoms with van der Waals surface area (Å²) in [5.74, 6) is 0.763. The Morgan fingerprint density at radius 1 is 1.21 bits per heavy atom. The highest BCUT2D eigenvalue weighted by molar-refractivity contribution is 5.84.